The zero-order valence-corrected chi connectivity index (χ0v) is 11.1. The maximum absolute atomic E-state index is 10.7. The highest BCUT2D eigenvalue weighted by Crippen LogP contribution is 2.25. The van der Waals surface area contributed by atoms with Crippen molar-refractivity contribution in [1.82, 2.24) is 5.32 Å². The largest absolute Gasteiger partial charge is 0.496 e. The lowest BCUT2D eigenvalue weighted by atomic mass is 10.0. The van der Waals surface area contributed by atoms with Crippen LogP contribution in [0.25, 0.3) is 0 Å². The van der Waals surface area contributed by atoms with Gasteiger partial charge in [-0.25, -0.2) is 0 Å². The molecule has 1 N–H and O–H groups in total. The Hall–Kier alpha value is -1.62. The van der Waals surface area contributed by atoms with Crippen molar-refractivity contribution in [2.45, 2.75) is 32.7 Å². The number of nitro groups is 1. The average molecular weight is 252 g/mol. The van der Waals surface area contributed by atoms with Gasteiger partial charge in [-0.1, -0.05) is 6.92 Å². The second kappa shape index (κ2) is 6.96. The Balaban J connectivity index is 2.78. The van der Waals surface area contributed by atoms with Gasteiger partial charge in [-0.15, -0.1) is 0 Å². The third-order valence-electron chi connectivity index (χ3n) is 2.87. The summed E-state index contributed by atoms with van der Waals surface area (Å²) in [7, 11) is 1.58. The summed E-state index contributed by atoms with van der Waals surface area (Å²) in [5.74, 6) is 0.712. The van der Waals surface area contributed by atoms with Crippen LogP contribution in [0.15, 0.2) is 18.2 Å². The van der Waals surface area contributed by atoms with Gasteiger partial charge in [-0.3, -0.25) is 10.1 Å². The molecule has 0 radical (unpaired) electrons. The van der Waals surface area contributed by atoms with E-state index < -0.39 is 0 Å². The molecule has 1 aromatic carbocycles. The van der Waals surface area contributed by atoms with Gasteiger partial charge in [-0.2, -0.15) is 0 Å². The van der Waals surface area contributed by atoms with E-state index in [9.17, 15) is 10.1 Å². The predicted octanol–water partition coefficient (Wildman–Crippen LogP) is 2.53. The monoisotopic (exact) mass is 252 g/mol. The van der Waals surface area contributed by atoms with Crippen LogP contribution in [0, 0.1) is 10.1 Å². The van der Waals surface area contributed by atoms with Crippen LogP contribution < -0.4 is 10.1 Å². The first-order chi connectivity index (χ1) is 8.58. The standard InChI is InChI=1S/C13H20N2O3/c1-4-14-10(2)5-6-11-9-12(15(16)17)7-8-13(11)18-3/h7-10,14H,4-6H2,1-3H3. The number of hydrogen-bond acceptors (Lipinski definition) is 4. The second-order valence-corrected chi connectivity index (χ2v) is 4.25. The van der Waals surface area contributed by atoms with E-state index in [0.717, 1.165) is 24.9 Å². The molecule has 0 aliphatic carbocycles. The number of rotatable bonds is 7. The van der Waals surface area contributed by atoms with Crippen LogP contribution in [0.2, 0.25) is 0 Å². The van der Waals surface area contributed by atoms with Crippen LogP contribution in [-0.4, -0.2) is 24.6 Å². The first kappa shape index (κ1) is 14.4. The molecular formula is C13H20N2O3. The minimum Gasteiger partial charge on any atom is -0.496 e. The zero-order valence-electron chi connectivity index (χ0n) is 11.1. The lowest BCUT2D eigenvalue weighted by Gasteiger charge is -2.13. The van der Waals surface area contributed by atoms with Crippen molar-refractivity contribution in [2.75, 3.05) is 13.7 Å². The highest BCUT2D eigenvalue weighted by atomic mass is 16.6. The van der Waals surface area contributed by atoms with Gasteiger partial charge in [0.25, 0.3) is 5.69 Å². The van der Waals surface area contributed by atoms with Crippen molar-refractivity contribution < 1.29 is 9.66 Å². The van der Waals surface area contributed by atoms with E-state index in [4.69, 9.17) is 4.74 Å². The van der Waals surface area contributed by atoms with Gasteiger partial charge in [0.15, 0.2) is 0 Å². The van der Waals surface area contributed by atoms with E-state index in [0.29, 0.717) is 11.8 Å². The van der Waals surface area contributed by atoms with E-state index in [1.54, 1.807) is 19.2 Å². The van der Waals surface area contributed by atoms with Crippen molar-refractivity contribution >= 4 is 5.69 Å². The molecule has 1 rings (SSSR count). The number of hydrogen-bond donors (Lipinski definition) is 1. The van der Waals surface area contributed by atoms with Gasteiger partial charge in [0.1, 0.15) is 5.75 Å². The zero-order chi connectivity index (χ0) is 13.5. The molecule has 5 nitrogen and oxygen atoms in total. The third kappa shape index (κ3) is 4.00. The number of nitrogens with zero attached hydrogens (tertiary/aromatic N) is 1. The van der Waals surface area contributed by atoms with Crippen molar-refractivity contribution in [2.24, 2.45) is 0 Å². The fraction of sp³-hybridized carbons (Fsp3) is 0.538. The van der Waals surface area contributed by atoms with Gasteiger partial charge < -0.3 is 10.1 Å². The van der Waals surface area contributed by atoms with Crippen molar-refractivity contribution in [3.63, 3.8) is 0 Å². The fourth-order valence-corrected chi connectivity index (χ4v) is 1.90. The molecule has 0 spiro atoms. The topological polar surface area (TPSA) is 64.4 Å². The Morgan fingerprint density at radius 2 is 2.22 bits per heavy atom. The molecular weight excluding hydrogens is 232 g/mol. The predicted molar refractivity (Wildman–Crippen MR) is 71.1 cm³/mol. The Morgan fingerprint density at radius 3 is 2.78 bits per heavy atom. The quantitative estimate of drug-likeness (QED) is 0.598. The third-order valence-corrected chi connectivity index (χ3v) is 2.87. The summed E-state index contributed by atoms with van der Waals surface area (Å²) in [5, 5.41) is 14.1. The first-order valence-corrected chi connectivity index (χ1v) is 6.13. The number of nitro benzene ring substituents is 1. The SMILES string of the molecule is CCNC(C)CCc1cc([N+](=O)[O-])ccc1OC. The molecule has 0 aliphatic heterocycles. The molecule has 100 valence electrons. The molecule has 0 saturated carbocycles. The number of aryl methyl sites for hydroxylation is 1. The lowest BCUT2D eigenvalue weighted by Crippen LogP contribution is -2.25. The molecule has 0 aromatic heterocycles. The number of benzene rings is 1. The summed E-state index contributed by atoms with van der Waals surface area (Å²) in [6.07, 6.45) is 1.68. The van der Waals surface area contributed by atoms with Crippen LogP contribution in [-0.2, 0) is 6.42 Å². The van der Waals surface area contributed by atoms with Crippen molar-refractivity contribution in [1.29, 1.82) is 0 Å². The molecule has 0 fully saturated rings. The van der Waals surface area contributed by atoms with Crippen LogP contribution >= 0.6 is 0 Å². The second-order valence-electron chi connectivity index (χ2n) is 4.25. The minimum absolute atomic E-state index is 0.113. The molecule has 0 aliphatic rings. The van der Waals surface area contributed by atoms with E-state index in [1.165, 1.54) is 6.07 Å². The average Bonchev–Trinajstić information content (AvgIpc) is 2.36. The van der Waals surface area contributed by atoms with E-state index >= 15 is 0 Å². The van der Waals surface area contributed by atoms with E-state index in [2.05, 4.69) is 19.2 Å². The van der Waals surface area contributed by atoms with E-state index in [1.807, 2.05) is 0 Å². The smallest absolute Gasteiger partial charge is 0.269 e. The minimum atomic E-state index is -0.378. The van der Waals surface area contributed by atoms with Crippen LogP contribution in [0.4, 0.5) is 5.69 Å². The van der Waals surface area contributed by atoms with Gasteiger partial charge in [0.05, 0.1) is 12.0 Å². The molecule has 18 heavy (non-hydrogen) atoms. The fourth-order valence-electron chi connectivity index (χ4n) is 1.90. The molecule has 1 aromatic rings. The summed E-state index contributed by atoms with van der Waals surface area (Å²) in [6.45, 7) is 5.09. The van der Waals surface area contributed by atoms with Crippen LogP contribution in [0.5, 0.6) is 5.75 Å². The molecule has 5 heteroatoms. The van der Waals surface area contributed by atoms with Crippen LogP contribution in [0.1, 0.15) is 25.8 Å². The molecule has 0 amide bonds. The van der Waals surface area contributed by atoms with Gasteiger partial charge in [0, 0.05) is 23.7 Å². The highest BCUT2D eigenvalue weighted by molar-refractivity contribution is 5.43. The maximum Gasteiger partial charge on any atom is 0.269 e. The Labute approximate surface area is 107 Å². The Kier molecular flexibility index (Phi) is 5.58. The van der Waals surface area contributed by atoms with Gasteiger partial charge in [-0.05, 0) is 32.4 Å². The van der Waals surface area contributed by atoms with Gasteiger partial charge in [0.2, 0.25) is 0 Å². The normalized spacial score (nSPS) is 12.2. The number of nitrogens with one attached hydrogen (secondary N) is 1. The highest BCUT2D eigenvalue weighted by Gasteiger charge is 2.12. The van der Waals surface area contributed by atoms with Crippen molar-refractivity contribution in [3.8, 4) is 5.75 Å². The molecule has 0 bridgehead atoms. The maximum atomic E-state index is 10.7. The van der Waals surface area contributed by atoms with E-state index in [-0.39, 0.29) is 10.6 Å². The Morgan fingerprint density at radius 1 is 1.50 bits per heavy atom. The molecule has 1 unspecified atom stereocenters. The number of methoxy groups -OCH3 is 1. The first-order valence-electron chi connectivity index (χ1n) is 6.13. The molecule has 0 heterocycles. The summed E-state index contributed by atoms with van der Waals surface area (Å²) in [4.78, 5) is 10.4. The summed E-state index contributed by atoms with van der Waals surface area (Å²) in [6, 6.07) is 5.11. The summed E-state index contributed by atoms with van der Waals surface area (Å²) < 4.78 is 5.23. The van der Waals surface area contributed by atoms with Crippen molar-refractivity contribution in [3.05, 3.63) is 33.9 Å². The Bertz CT molecular complexity index is 407. The van der Waals surface area contributed by atoms with Crippen LogP contribution in [0.3, 0.4) is 0 Å². The lowest BCUT2D eigenvalue weighted by molar-refractivity contribution is -0.384. The summed E-state index contributed by atoms with van der Waals surface area (Å²) in [5.41, 5.74) is 0.998. The molecule has 1 atom stereocenters. The molecule has 0 saturated heterocycles. The number of non-ortho nitro benzene ring substituents is 1. The summed E-state index contributed by atoms with van der Waals surface area (Å²) >= 11 is 0. The van der Waals surface area contributed by atoms with Gasteiger partial charge >= 0.3 is 0 Å². The number of ether oxygens (including phenoxy) is 1.